The van der Waals surface area contributed by atoms with Gasteiger partial charge in [-0.05, 0) is 38.5 Å². The van der Waals surface area contributed by atoms with Gasteiger partial charge in [-0.2, -0.15) is 0 Å². The first-order valence-corrected chi connectivity index (χ1v) is 7.06. The molecule has 0 bridgehead atoms. The number of nitrogens with one attached hydrogen (secondary N) is 1. The Labute approximate surface area is 122 Å². The van der Waals surface area contributed by atoms with E-state index >= 15 is 0 Å². The third kappa shape index (κ3) is 8.15. The molecular weight excluding hydrogens is 254 g/mol. The fourth-order valence-corrected chi connectivity index (χ4v) is 1.62. The molecular formula is C16H27NO3. The molecule has 0 aliphatic heterocycles. The summed E-state index contributed by atoms with van der Waals surface area (Å²) in [6, 6.07) is 8.12. The van der Waals surface area contributed by atoms with Crippen molar-refractivity contribution in [1.82, 2.24) is 5.32 Å². The molecule has 4 heteroatoms. The molecule has 0 spiro atoms. The van der Waals surface area contributed by atoms with Crippen LogP contribution in [0.2, 0.25) is 0 Å². The quantitative estimate of drug-likeness (QED) is 0.706. The third-order valence-corrected chi connectivity index (χ3v) is 2.62. The van der Waals surface area contributed by atoms with Gasteiger partial charge in [-0.3, -0.25) is 0 Å². The molecule has 114 valence electrons. The molecule has 0 aliphatic carbocycles. The maximum Gasteiger partial charge on any atom is 0.119 e. The maximum absolute atomic E-state index is 5.63. The Morgan fingerprint density at radius 1 is 1.00 bits per heavy atom. The van der Waals surface area contributed by atoms with E-state index in [1.165, 1.54) is 5.56 Å². The van der Waals surface area contributed by atoms with Crippen molar-refractivity contribution in [3.63, 3.8) is 0 Å². The summed E-state index contributed by atoms with van der Waals surface area (Å²) in [5.41, 5.74) is 1.13. The highest BCUT2D eigenvalue weighted by atomic mass is 16.5. The molecule has 0 aliphatic rings. The average Bonchev–Trinajstić information content (AvgIpc) is 2.40. The maximum atomic E-state index is 5.63. The van der Waals surface area contributed by atoms with Gasteiger partial charge >= 0.3 is 0 Å². The molecule has 20 heavy (non-hydrogen) atoms. The normalized spacial score (nSPS) is 11.6. The van der Waals surface area contributed by atoms with Gasteiger partial charge in [0.05, 0.1) is 18.8 Å². The van der Waals surface area contributed by atoms with E-state index in [1.807, 2.05) is 32.9 Å². The van der Waals surface area contributed by atoms with Crippen LogP contribution >= 0.6 is 0 Å². The number of rotatable bonds is 9. The van der Waals surface area contributed by atoms with E-state index in [0.717, 1.165) is 25.4 Å². The highest BCUT2D eigenvalue weighted by Crippen LogP contribution is 2.12. The summed E-state index contributed by atoms with van der Waals surface area (Å²) in [5.74, 6) is 0.878. The summed E-state index contributed by atoms with van der Waals surface area (Å²) in [6.07, 6.45) is 0. The molecule has 0 unspecified atom stereocenters. The Kier molecular flexibility index (Phi) is 7.59. The molecule has 0 radical (unpaired) electrons. The first kappa shape index (κ1) is 17.0. The molecule has 0 aromatic heterocycles. The van der Waals surface area contributed by atoms with Gasteiger partial charge in [0, 0.05) is 20.2 Å². The molecule has 0 heterocycles. The fourth-order valence-electron chi connectivity index (χ4n) is 1.62. The van der Waals surface area contributed by atoms with Crippen molar-refractivity contribution < 1.29 is 14.2 Å². The van der Waals surface area contributed by atoms with Crippen LogP contribution < -0.4 is 10.1 Å². The second-order valence-electron chi connectivity index (χ2n) is 5.62. The van der Waals surface area contributed by atoms with Crippen molar-refractivity contribution >= 4 is 0 Å². The van der Waals surface area contributed by atoms with E-state index in [9.17, 15) is 0 Å². The predicted molar refractivity (Wildman–Crippen MR) is 81.2 cm³/mol. The second kappa shape index (κ2) is 8.95. The van der Waals surface area contributed by atoms with Gasteiger partial charge in [0.15, 0.2) is 0 Å². The minimum Gasteiger partial charge on any atom is -0.491 e. The van der Waals surface area contributed by atoms with Crippen molar-refractivity contribution in [2.45, 2.75) is 32.9 Å². The summed E-state index contributed by atoms with van der Waals surface area (Å²) in [6.45, 7) is 9.73. The standard InChI is InChI=1S/C16H27NO3/c1-16(2,3)20-12-11-19-15-7-5-14(6-8-15)13-17-9-10-18-4/h5-8,17H,9-13H2,1-4H3. The fraction of sp³-hybridized carbons (Fsp3) is 0.625. The lowest BCUT2D eigenvalue weighted by Gasteiger charge is -2.19. The summed E-state index contributed by atoms with van der Waals surface area (Å²) >= 11 is 0. The molecule has 1 aromatic carbocycles. The molecule has 0 saturated carbocycles. The lowest BCUT2D eigenvalue weighted by Crippen LogP contribution is -2.22. The lowest BCUT2D eigenvalue weighted by atomic mass is 10.2. The van der Waals surface area contributed by atoms with Gasteiger partial charge in [0.1, 0.15) is 12.4 Å². The highest BCUT2D eigenvalue weighted by Gasteiger charge is 2.09. The summed E-state index contributed by atoms with van der Waals surface area (Å²) in [5, 5.41) is 3.31. The van der Waals surface area contributed by atoms with Crippen LogP contribution in [0.4, 0.5) is 0 Å². The summed E-state index contributed by atoms with van der Waals surface area (Å²) < 4.78 is 16.2. The van der Waals surface area contributed by atoms with Crippen LogP contribution in [0.1, 0.15) is 26.3 Å². The molecule has 0 atom stereocenters. The number of hydrogen-bond acceptors (Lipinski definition) is 4. The number of benzene rings is 1. The van der Waals surface area contributed by atoms with Crippen LogP contribution in [-0.2, 0) is 16.0 Å². The van der Waals surface area contributed by atoms with E-state index in [-0.39, 0.29) is 5.60 Å². The Balaban J connectivity index is 2.21. The minimum atomic E-state index is -0.110. The predicted octanol–water partition coefficient (Wildman–Crippen LogP) is 2.62. The van der Waals surface area contributed by atoms with Gasteiger partial charge in [0.25, 0.3) is 0 Å². The third-order valence-electron chi connectivity index (χ3n) is 2.62. The van der Waals surface area contributed by atoms with Crippen LogP contribution in [0.5, 0.6) is 5.75 Å². The Bertz CT molecular complexity index is 357. The Morgan fingerprint density at radius 3 is 2.30 bits per heavy atom. The van der Waals surface area contributed by atoms with E-state index in [4.69, 9.17) is 14.2 Å². The van der Waals surface area contributed by atoms with Gasteiger partial charge < -0.3 is 19.5 Å². The minimum absolute atomic E-state index is 0.110. The largest absolute Gasteiger partial charge is 0.491 e. The first-order chi connectivity index (χ1) is 9.51. The van der Waals surface area contributed by atoms with Gasteiger partial charge in [-0.15, -0.1) is 0 Å². The molecule has 1 N–H and O–H groups in total. The van der Waals surface area contributed by atoms with Gasteiger partial charge in [-0.25, -0.2) is 0 Å². The van der Waals surface area contributed by atoms with E-state index in [1.54, 1.807) is 7.11 Å². The Hall–Kier alpha value is -1.10. The van der Waals surface area contributed by atoms with Crippen molar-refractivity contribution in [2.75, 3.05) is 33.5 Å². The van der Waals surface area contributed by atoms with E-state index in [0.29, 0.717) is 13.2 Å². The van der Waals surface area contributed by atoms with Crippen LogP contribution in [0, 0.1) is 0 Å². The van der Waals surface area contributed by atoms with E-state index < -0.39 is 0 Å². The number of methoxy groups -OCH3 is 1. The lowest BCUT2D eigenvalue weighted by molar-refractivity contribution is -0.0163. The zero-order valence-corrected chi connectivity index (χ0v) is 13.1. The van der Waals surface area contributed by atoms with Crippen molar-refractivity contribution in [3.8, 4) is 5.75 Å². The van der Waals surface area contributed by atoms with Gasteiger partial charge in [0.2, 0.25) is 0 Å². The van der Waals surface area contributed by atoms with Crippen molar-refractivity contribution in [1.29, 1.82) is 0 Å². The van der Waals surface area contributed by atoms with E-state index in [2.05, 4.69) is 17.4 Å². The first-order valence-electron chi connectivity index (χ1n) is 7.06. The Morgan fingerprint density at radius 2 is 1.70 bits per heavy atom. The summed E-state index contributed by atoms with van der Waals surface area (Å²) in [7, 11) is 1.71. The summed E-state index contributed by atoms with van der Waals surface area (Å²) in [4.78, 5) is 0. The zero-order chi connectivity index (χ0) is 14.8. The van der Waals surface area contributed by atoms with Crippen LogP contribution in [-0.4, -0.2) is 39.1 Å². The smallest absolute Gasteiger partial charge is 0.119 e. The van der Waals surface area contributed by atoms with Crippen LogP contribution in [0.3, 0.4) is 0 Å². The monoisotopic (exact) mass is 281 g/mol. The highest BCUT2D eigenvalue weighted by molar-refractivity contribution is 5.27. The SMILES string of the molecule is COCCNCc1ccc(OCCOC(C)(C)C)cc1. The van der Waals surface area contributed by atoms with Crippen molar-refractivity contribution in [3.05, 3.63) is 29.8 Å². The molecule has 0 fully saturated rings. The van der Waals surface area contributed by atoms with Gasteiger partial charge in [-0.1, -0.05) is 12.1 Å². The second-order valence-corrected chi connectivity index (χ2v) is 5.62. The molecule has 1 rings (SSSR count). The average molecular weight is 281 g/mol. The van der Waals surface area contributed by atoms with Crippen LogP contribution in [0.15, 0.2) is 24.3 Å². The molecule has 0 saturated heterocycles. The topological polar surface area (TPSA) is 39.7 Å². The molecule has 4 nitrogen and oxygen atoms in total. The number of hydrogen-bond donors (Lipinski definition) is 1. The van der Waals surface area contributed by atoms with Crippen LogP contribution in [0.25, 0.3) is 0 Å². The van der Waals surface area contributed by atoms with Crippen molar-refractivity contribution in [2.24, 2.45) is 0 Å². The number of ether oxygens (including phenoxy) is 3. The molecule has 0 amide bonds. The molecule has 1 aromatic rings. The zero-order valence-electron chi connectivity index (χ0n) is 13.1.